The summed E-state index contributed by atoms with van der Waals surface area (Å²) in [6, 6.07) is 0. The number of hydrogen-bond acceptors (Lipinski definition) is 5. The average molecular weight is 330 g/mol. The van der Waals surface area contributed by atoms with E-state index >= 15 is 0 Å². The predicted molar refractivity (Wildman–Crippen MR) is 89.2 cm³/mol. The van der Waals surface area contributed by atoms with Crippen LogP contribution in [0.1, 0.15) is 73.6 Å². The molecule has 0 aromatic rings. The maximum absolute atomic E-state index is 12.0. The number of carbonyl (C=O) groups excluding carboxylic acids is 1. The quantitative estimate of drug-likeness (QED) is 0.500. The summed E-state index contributed by atoms with van der Waals surface area (Å²) in [5, 5.41) is 0. The average Bonchev–Trinajstić information content (AvgIpc) is 2.34. The second-order valence-electron chi connectivity index (χ2n) is 7.66. The summed E-state index contributed by atoms with van der Waals surface area (Å²) >= 11 is 0. The van der Waals surface area contributed by atoms with Crippen LogP contribution in [0, 0.1) is 0 Å². The second kappa shape index (κ2) is 9.00. The van der Waals surface area contributed by atoms with Gasteiger partial charge in [0.1, 0.15) is 5.60 Å². The minimum Gasteiger partial charge on any atom is -0.460 e. The lowest BCUT2D eigenvalue weighted by Gasteiger charge is -2.40. The zero-order chi connectivity index (χ0) is 17.5. The Morgan fingerprint density at radius 3 is 2.43 bits per heavy atom. The first-order valence-corrected chi connectivity index (χ1v) is 8.76. The van der Waals surface area contributed by atoms with Crippen molar-refractivity contribution in [2.24, 2.45) is 0 Å². The molecule has 0 N–H and O–H groups in total. The molecular formula is C18H34O5. The van der Waals surface area contributed by atoms with Crippen molar-refractivity contribution in [2.75, 3.05) is 13.2 Å². The molecule has 0 aromatic heterocycles. The first kappa shape index (κ1) is 20.4. The lowest BCUT2D eigenvalue weighted by atomic mass is 10.0. The van der Waals surface area contributed by atoms with Gasteiger partial charge in [-0.1, -0.05) is 13.3 Å². The third-order valence-corrected chi connectivity index (χ3v) is 3.47. The van der Waals surface area contributed by atoms with Crippen LogP contribution in [0.4, 0.5) is 0 Å². The van der Waals surface area contributed by atoms with Gasteiger partial charge in [-0.05, 0) is 47.5 Å². The summed E-state index contributed by atoms with van der Waals surface area (Å²) in [4.78, 5) is 12.0. The SMILES string of the molecule is CCCCOCC[C@@H]1C[C@H](CC(=O)OC(C)(C)C)OC(C)(C)O1. The van der Waals surface area contributed by atoms with Gasteiger partial charge in [0.2, 0.25) is 0 Å². The first-order chi connectivity index (χ1) is 10.6. The summed E-state index contributed by atoms with van der Waals surface area (Å²) < 4.78 is 22.8. The van der Waals surface area contributed by atoms with E-state index in [1.165, 1.54) is 0 Å². The van der Waals surface area contributed by atoms with Crippen molar-refractivity contribution in [1.82, 2.24) is 0 Å². The molecule has 23 heavy (non-hydrogen) atoms. The number of hydrogen-bond donors (Lipinski definition) is 0. The summed E-state index contributed by atoms with van der Waals surface area (Å²) in [6.07, 6.45) is 3.88. The van der Waals surface area contributed by atoms with Gasteiger partial charge in [0.05, 0.1) is 18.6 Å². The van der Waals surface area contributed by atoms with Gasteiger partial charge in [-0.3, -0.25) is 4.79 Å². The fraction of sp³-hybridized carbons (Fsp3) is 0.944. The van der Waals surface area contributed by atoms with Crippen LogP contribution in [-0.2, 0) is 23.7 Å². The highest BCUT2D eigenvalue weighted by molar-refractivity contribution is 5.70. The highest BCUT2D eigenvalue weighted by atomic mass is 16.7. The van der Waals surface area contributed by atoms with Gasteiger partial charge in [0, 0.05) is 19.6 Å². The Kier molecular flexibility index (Phi) is 7.98. The van der Waals surface area contributed by atoms with Crippen LogP contribution in [0.3, 0.4) is 0 Å². The van der Waals surface area contributed by atoms with Crippen LogP contribution in [0.2, 0.25) is 0 Å². The molecule has 1 aliphatic rings. The molecule has 0 aliphatic carbocycles. The van der Waals surface area contributed by atoms with E-state index in [9.17, 15) is 4.79 Å². The van der Waals surface area contributed by atoms with Crippen molar-refractivity contribution in [2.45, 2.75) is 97.2 Å². The molecule has 2 atom stereocenters. The summed E-state index contributed by atoms with van der Waals surface area (Å²) in [5.41, 5.74) is -0.468. The van der Waals surface area contributed by atoms with Gasteiger partial charge in [-0.25, -0.2) is 0 Å². The minimum absolute atomic E-state index is 0.0489. The lowest BCUT2D eigenvalue weighted by molar-refractivity contribution is -0.301. The topological polar surface area (TPSA) is 54.0 Å². The molecule has 0 aromatic carbocycles. The normalized spacial score (nSPS) is 24.4. The third kappa shape index (κ3) is 9.28. The molecule has 1 aliphatic heterocycles. The molecule has 0 bridgehead atoms. The molecule has 0 amide bonds. The minimum atomic E-state index is -0.682. The lowest BCUT2D eigenvalue weighted by Crippen LogP contribution is -2.46. The second-order valence-corrected chi connectivity index (χ2v) is 7.66. The number of ether oxygens (including phenoxy) is 4. The molecule has 1 heterocycles. The third-order valence-electron chi connectivity index (χ3n) is 3.47. The van der Waals surface area contributed by atoms with Gasteiger partial charge in [-0.2, -0.15) is 0 Å². The fourth-order valence-electron chi connectivity index (χ4n) is 2.65. The van der Waals surface area contributed by atoms with E-state index in [-0.39, 0.29) is 24.6 Å². The Hall–Kier alpha value is -0.650. The molecule has 1 rings (SSSR count). The van der Waals surface area contributed by atoms with Crippen LogP contribution < -0.4 is 0 Å². The van der Waals surface area contributed by atoms with E-state index in [0.717, 1.165) is 25.9 Å². The van der Waals surface area contributed by atoms with Crippen LogP contribution in [0.5, 0.6) is 0 Å². The Labute approximate surface area is 141 Å². The van der Waals surface area contributed by atoms with Crippen molar-refractivity contribution < 1.29 is 23.7 Å². The van der Waals surface area contributed by atoms with E-state index in [4.69, 9.17) is 18.9 Å². The Bertz CT molecular complexity index is 359. The largest absolute Gasteiger partial charge is 0.460 e. The van der Waals surface area contributed by atoms with Crippen molar-refractivity contribution in [3.63, 3.8) is 0 Å². The number of rotatable bonds is 8. The van der Waals surface area contributed by atoms with E-state index < -0.39 is 11.4 Å². The van der Waals surface area contributed by atoms with E-state index in [1.807, 2.05) is 34.6 Å². The fourth-order valence-corrected chi connectivity index (χ4v) is 2.65. The number of esters is 1. The van der Waals surface area contributed by atoms with Crippen molar-refractivity contribution in [3.8, 4) is 0 Å². The molecule has 1 fully saturated rings. The van der Waals surface area contributed by atoms with E-state index in [0.29, 0.717) is 13.0 Å². The van der Waals surface area contributed by atoms with E-state index in [1.54, 1.807) is 0 Å². The molecule has 136 valence electrons. The summed E-state index contributed by atoms with van der Waals surface area (Å²) in [6.45, 7) is 13.0. The zero-order valence-electron chi connectivity index (χ0n) is 15.6. The molecule has 5 nitrogen and oxygen atoms in total. The van der Waals surface area contributed by atoms with Gasteiger partial charge in [0.15, 0.2) is 5.79 Å². The van der Waals surface area contributed by atoms with Gasteiger partial charge in [-0.15, -0.1) is 0 Å². The Morgan fingerprint density at radius 1 is 1.17 bits per heavy atom. The molecule has 1 saturated heterocycles. The molecule has 0 saturated carbocycles. The predicted octanol–water partition coefficient (Wildman–Crippen LogP) is 3.84. The summed E-state index contributed by atoms with van der Waals surface area (Å²) in [5.74, 6) is -0.905. The van der Waals surface area contributed by atoms with Crippen LogP contribution in [-0.4, -0.2) is 42.8 Å². The van der Waals surface area contributed by atoms with Gasteiger partial charge in [0.25, 0.3) is 0 Å². The molecule has 0 spiro atoms. The van der Waals surface area contributed by atoms with Crippen molar-refractivity contribution in [3.05, 3.63) is 0 Å². The van der Waals surface area contributed by atoms with Crippen LogP contribution in [0.25, 0.3) is 0 Å². The van der Waals surface area contributed by atoms with Gasteiger partial charge < -0.3 is 18.9 Å². The van der Waals surface area contributed by atoms with Gasteiger partial charge >= 0.3 is 5.97 Å². The Morgan fingerprint density at radius 2 is 1.83 bits per heavy atom. The highest BCUT2D eigenvalue weighted by Gasteiger charge is 2.36. The molecule has 0 radical (unpaired) electrons. The molecular weight excluding hydrogens is 296 g/mol. The number of carbonyl (C=O) groups is 1. The molecule has 0 unspecified atom stereocenters. The van der Waals surface area contributed by atoms with Crippen molar-refractivity contribution >= 4 is 5.97 Å². The van der Waals surface area contributed by atoms with Crippen LogP contribution >= 0.6 is 0 Å². The maximum atomic E-state index is 12.0. The highest BCUT2D eigenvalue weighted by Crippen LogP contribution is 2.30. The standard InChI is InChI=1S/C18H34O5/c1-7-8-10-20-11-9-14-12-15(22-18(5,6)21-14)13-16(19)23-17(2,3)4/h14-15H,7-13H2,1-6H3/t14-,15-/m1/s1. The van der Waals surface area contributed by atoms with Crippen LogP contribution in [0.15, 0.2) is 0 Å². The molecule has 5 heteroatoms. The van der Waals surface area contributed by atoms with Crippen molar-refractivity contribution in [1.29, 1.82) is 0 Å². The first-order valence-electron chi connectivity index (χ1n) is 8.76. The summed E-state index contributed by atoms with van der Waals surface area (Å²) in [7, 11) is 0. The monoisotopic (exact) mass is 330 g/mol. The smallest absolute Gasteiger partial charge is 0.308 e. The number of unbranched alkanes of at least 4 members (excludes halogenated alkanes) is 1. The Balaban J connectivity index is 2.43. The zero-order valence-corrected chi connectivity index (χ0v) is 15.6. The van der Waals surface area contributed by atoms with E-state index in [2.05, 4.69) is 6.92 Å². The maximum Gasteiger partial charge on any atom is 0.308 e.